The fourth-order valence-corrected chi connectivity index (χ4v) is 1.89. The average Bonchev–Trinajstić information content (AvgIpc) is 2.33. The summed E-state index contributed by atoms with van der Waals surface area (Å²) < 4.78 is 0. The van der Waals surface area contributed by atoms with E-state index in [4.69, 9.17) is 11.6 Å². The number of hydrogen-bond donors (Lipinski definition) is 1. The molecule has 1 aromatic heterocycles. The SMILES string of the molecule is CCCc1c(-c2ccc(Cl)cc2)nc[nH]c1=O. The van der Waals surface area contributed by atoms with E-state index >= 15 is 0 Å². The van der Waals surface area contributed by atoms with Gasteiger partial charge in [0.15, 0.2) is 0 Å². The first-order chi connectivity index (χ1) is 8.22. The first-order valence-corrected chi connectivity index (χ1v) is 5.92. The van der Waals surface area contributed by atoms with Crippen molar-refractivity contribution in [3.8, 4) is 11.3 Å². The Bertz CT molecular complexity index is 560. The molecule has 2 aromatic rings. The van der Waals surface area contributed by atoms with Crippen LogP contribution >= 0.6 is 11.6 Å². The summed E-state index contributed by atoms with van der Waals surface area (Å²) in [4.78, 5) is 18.6. The lowest BCUT2D eigenvalue weighted by molar-refractivity contribution is 0.888. The summed E-state index contributed by atoms with van der Waals surface area (Å²) in [5.41, 5.74) is 2.33. The molecule has 0 radical (unpaired) electrons. The zero-order chi connectivity index (χ0) is 12.3. The minimum Gasteiger partial charge on any atom is -0.313 e. The molecule has 1 heterocycles. The van der Waals surface area contributed by atoms with Gasteiger partial charge in [-0.05, 0) is 18.6 Å². The van der Waals surface area contributed by atoms with E-state index in [0.29, 0.717) is 5.02 Å². The van der Waals surface area contributed by atoms with Crippen LogP contribution in [0.25, 0.3) is 11.3 Å². The van der Waals surface area contributed by atoms with Gasteiger partial charge in [0.05, 0.1) is 12.0 Å². The van der Waals surface area contributed by atoms with Gasteiger partial charge in [-0.2, -0.15) is 0 Å². The molecule has 0 saturated heterocycles. The molecule has 0 spiro atoms. The van der Waals surface area contributed by atoms with Crippen LogP contribution in [-0.4, -0.2) is 9.97 Å². The maximum Gasteiger partial charge on any atom is 0.254 e. The van der Waals surface area contributed by atoms with Gasteiger partial charge in [-0.15, -0.1) is 0 Å². The van der Waals surface area contributed by atoms with Crippen LogP contribution in [0.15, 0.2) is 35.4 Å². The third-order valence-corrected chi connectivity index (χ3v) is 2.82. The first kappa shape index (κ1) is 11.9. The Labute approximate surface area is 104 Å². The highest BCUT2D eigenvalue weighted by molar-refractivity contribution is 6.30. The van der Waals surface area contributed by atoms with Gasteiger partial charge in [0.1, 0.15) is 0 Å². The number of aromatic amines is 1. The van der Waals surface area contributed by atoms with Gasteiger partial charge in [-0.1, -0.05) is 37.1 Å². The summed E-state index contributed by atoms with van der Waals surface area (Å²) in [6.45, 7) is 2.04. The number of halogens is 1. The maximum absolute atomic E-state index is 11.7. The number of nitrogens with one attached hydrogen (secondary N) is 1. The van der Waals surface area contributed by atoms with Crippen LogP contribution in [0, 0.1) is 0 Å². The van der Waals surface area contributed by atoms with E-state index in [-0.39, 0.29) is 5.56 Å². The molecule has 17 heavy (non-hydrogen) atoms. The average molecular weight is 249 g/mol. The summed E-state index contributed by atoms with van der Waals surface area (Å²) in [6, 6.07) is 7.36. The Kier molecular flexibility index (Phi) is 3.59. The second-order valence-electron chi connectivity index (χ2n) is 3.82. The van der Waals surface area contributed by atoms with Crippen molar-refractivity contribution in [1.29, 1.82) is 0 Å². The molecular weight excluding hydrogens is 236 g/mol. The summed E-state index contributed by atoms with van der Waals surface area (Å²) in [6.07, 6.45) is 3.07. The molecule has 0 aliphatic heterocycles. The van der Waals surface area contributed by atoms with Crippen LogP contribution in [0.4, 0.5) is 0 Å². The number of rotatable bonds is 3. The minimum atomic E-state index is -0.0631. The van der Waals surface area contributed by atoms with Crippen LogP contribution < -0.4 is 5.56 Å². The Morgan fingerprint density at radius 2 is 2.00 bits per heavy atom. The monoisotopic (exact) mass is 248 g/mol. The molecule has 1 N–H and O–H groups in total. The van der Waals surface area contributed by atoms with Crippen LogP contribution in [-0.2, 0) is 6.42 Å². The van der Waals surface area contributed by atoms with Gasteiger partial charge in [-0.3, -0.25) is 4.79 Å². The van der Waals surface area contributed by atoms with Crippen molar-refractivity contribution in [1.82, 2.24) is 9.97 Å². The van der Waals surface area contributed by atoms with Gasteiger partial charge in [0.25, 0.3) is 5.56 Å². The summed E-state index contributed by atoms with van der Waals surface area (Å²) in [7, 11) is 0. The minimum absolute atomic E-state index is 0.0631. The number of aromatic nitrogens is 2. The highest BCUT2D eigenvalue weighted by Crippen LogP contribution is 2.21. The standard InChI is InChI=1S/C13H13ClN2O/c1-2-3-11-12(15-8-16-13(11)17)9-4-6-10(14)7-5-9/h4-8H,2-3H2,1H3,(H,15,16,17). The number of hydrogen-bond acceptors (Lipinski definition) is 2. The van der Waals surface area contributed by atoms with Crippen molar-refractivity contribution < 1.29 is 0 Å². The van der Waals surface area contributed by atoms with Gasteiger partial charge >= 0.3 is 0 Å². The van der Waals surface area contributed by atoms with E-state index in [1.54, 1.807) is 12.1 Å². The molecule has 0 fully saturated rings. The summed E-state index contributed by atoms with van der Waals surface area (Å²) >= 11 is 5.84. The van der Waals surface area contributed by atoms with E-state index in [1.165, 1.54) is 6.33 Å². The zero-order valence-electron chi connectivity index (χ0n) is 9.53. The highest BCUT2D eigenvalue weighted by Gasteiger charge is 2.09. The second kappa shape index (κ2) is 5.15. The molecule has 1 aromatic carbocycles. The topological polar surface area (TPSA) is 45.8 Å². The zero-order valence-corrected chi connectivity index (χ0v) is 10.3. The fourth-order valence-electron chi connectivity index (χ4n) is 1.77. The van der Waals surface area contributed by atoms with Gasteiger partial charge in [0, 0.05) is 16.1 Å². The number of benzene rings is 1. The molecule has 4 heteroatoms. The van der Waals surface area contributed by atoms with E-state index in [9.17, 15) is 4.79 Å². The fraction of sp³-hybridized carbons (Fsp3) is 0.231. The maximum atomic E-state index is 11.7. The lowest BCUT2D eigenvalue weighted by Gasteiger charge is -2.06. The number of H-pyrrole nitrogens is 1. The van der Waals surface area contributed by atoms with E-state index < -0.39 is 0 Å². The Hall–Kier alpha value is -1.61. The largest absolute Gasteiger partial charge is 0.313 e. The van der Waals surface area contributed by atoms with Crippen molar-refractivity contribution in [2.75, 3.05) is 0 Å². The third kappa shape index (κ3) is 2.56. The molecular formula is C13H13ClN2O. The van der Waals surface area contributed by atoms with Crippen LogP contribution in [0.5, 0.6) is 0 Å². The van der Waals surface area contributed by atoms with Crippen LogP contribution in [0.3, 0.4) is 0 Å². The highest BCUT2D eigenvalue weighted by atomic mass is 35.5. The molecule has 0 saturated carbocycles. The van der Waals surface area contributed by atoms with Gasteiger partial charge < -0.3 is 4.98 Å². The van der Waals surface area contributed by atoms with Gasteiger partial charge in [-0.25, -0.2) is 4.98 Å². The molecule has 0 unspecified atom stereocenters. The molecule has 3 nitrogen and oxygen atoms in total. The molecule has 2 rings (SSSR count). The van der Waals surface area contributed by atoms with E-state index in [2.05, 4.69) is 9.97 Å². The second-order valence-corrected chi connectivity index (χ2v) is 4.25. The lowest BCUT2D eigenvalue weighted by atomic mass is 10.0. The Balaban J connectivity index is 2.54. The Morgan fingerprint density at radius 1 is 1.29 bits per heavy atom. The van der Waals surface area contributed by atoms with Crippen molar-refractivity contribution in [2.45, 2.75) is 19.8 Å². The summed E-state index contributed by atoms with van der Waals surface area (Å²) in [5.74, 6) is 0. The molecule has 0 bridgehead atoms. The van der Waals surface area contributed by atoms with Crippen molar-refractivity contribution >= 4 is 11.6 Å². The van der Waals surface area contributed by atoms with Gasteiger partial charge in [0.2, 0.25) is 0 Å². The molecule has 0 aliphatic rings. The third-order valence-electron chi connectivity index (χ3n) is 2.57. The van der Waals surface area contributed by atoms with Crippen molar-refractivity contribution in [3.63, 3.8) is 0 Å². The molecule has 0 amide bonds. The van der Waals surface area contributed by atoms with Crippen LogP contribution in [0.2, 0.25) is 5.02 Å². The van der Waals surface area contributed by atoms with E-state index in [1.807, 2.05) is 19.1 Å². The number of nitrogens with zero attached hydrogens (tertiary/aromatic N) is 1. The normalized spacial score (nSPS) is 10.5. The smallest absolute Gasteiger partial charge is 0.254 e. The quantitative estimate of drug-likeness (QED) is 0.908. The summed E-state index contributed by atoms with van der Waals surface area (Å²) in [5, 5.41) is 0.677. The molecule has 0 atom stereocenters. The lowest BCUT2D eigenvalue weighted by Crippen LogP contribution is -2.14. The van der Waals surface area contributed by atoms with Crippen LogP contribution in [0.1, 0.15) is 18.9 Å². The predicted octanol–water partition coefficient (Wildman–Crippen LogP) is 3.04. The first-order valence-electron chi connectivity index (χ1n) is 5.55. The van der Waals surface area contributed by atoms with Crippen molar-refractivity contribution in [3.05, 3.63) is 51.5 Å². The predicted molar refractivity (Wildman–Crippen MR) is 69.3 cm³/mol. The molecule has 88 valence electrons. The Morgan fingerprint density at radius 3 is 2.65 bits per heavy atom. The van der Waals surface area contributed by atoms with Crippen molar-refractivity contribution in [2.24, 2.45) is 0 Å². The molecule has 0 aliphatic carbocycles. The van der Waals surface area contributed by atoms with E-state index in [0.717, 1.165) is 29.7 Å².